The third-order valence-corrected chi connectivity index (χ3v) is 1.03. The number of amides is 3. The summed E-state index contributed by atoms with van der Waals surface area (Å²) in [6.45, 7) is 8.56. The maximum Gasteiger partial charge on any atom is 0.321 e. The molecule has 0 aliphatic heterocycles. The van der Waals surface area contributed by atoms with Crippen molar-refractivity contribution in [1.82, 2.24) is 10.6 Å². The van der Waals surface area contributed by atoms with E-state index in [0.29, 0.717) is 5.57 Å². The van der Waals surface area contributed by atoms with Gasteiger partial charge >= 0.3 is 6.03 Å². The van der Waals surface area contributed by atoms with Crippen LogP contribution in [0.5, 0.6) is 0 Å². The predicted octanol–water partition coefficient (Wildman–Crippen LogP) is 0.797. The SMILES string of the molecule is C=C(C)C(=O)NC(=O)NC(C)C. The van der Waals surface area contributed by atoms with Crippen molar-refractivity contribution in [1.29, 1.82) is 0 Å². The summed E-state index contributed by atoms with van der Waals surface area (Å²) in [4.78, 5) is 21.7. The summed E-state index contributed by atoms with van der Waals surface area (Å²) in [5, 5.41) is 4.64. The second kappa shape index (κ2) is 4.54. The van der Waals surface area contributed by atoms with Gasteiger partial charge in [0.2, 0.25) is 0 Å². The lowest BCUT2D eigenvalue weighted by molar-refractivity contribution is -0.116. The first-order valence-corrected chi connectivity index (χ1v) is 3.71. The molecule has 4 heteroatoms. The van der Waals surface area contributed by atoms with Gasteiger partial charge in [-0.3, -0.25) is 10.1 Å². The summed E-state index contributed by atoms with van der Waals surface area (Å²) < 4.78 is 0. The Morgan fingerprint density at radius 2 is 1.83 bits per heavy atom. The zero-order valence-corrected chi connectivity index (χ0v) is 7.60. The largest absolute Gasteiger partial charge is 0.336 e. The van der Waals surface area contributed by atoms with Gasteiger partial charge in [0, 0.05) is 11.6 Å². The third kappa shape index (κ3) is 4.49. The molecule has 12 heavy (non-hydrogen) atoms. The highest BCUT2D eigenvalue weighted by molar-refractivity contribution is 6.02. The number of hydrogen-bond acceptors (Lipinski definition) is 2. The van der Waals surface area contributed by atoms with Crippen LogP contribution in [0.1, 0.15) is 20.8 Å². The normalized spacial score (nSPS) is 9.33. The van der Waals surface area contributed by atoms with Crippen molar-refractivity contribution in [3.63, 3.8) is 0 Å². The van der Waals surface area contributed by atoms with Crippen molar-refractivity contribution in [2.45, 2.75) is 26.8 Å². The van der Waals surface area contributed by atoms with E-state index in [0.717, 1.165) is 0 Å². The minimum Gasteiger partial charge on any atom is -0.336 e. The number of carbonyl (C=O) groups excluding carboxylic acids is 2. The van der Waals surface area contributed by atoms with E-state index in [1.54, 1.807) is 0 Å². The highest BCUT2D eigenvalue weighted by Crippen LogP contribution is 1.85. The van der Waals surface area contributed by atoms with Crippen molar-refractivity contribution < 1.29 is 9.59 Å². The molecule has 0 atom stereocenters. The Bertz CT molecular complexity index is 209. The number of hydrogen-bond donors (Lipinski definition) is 2. The minimum atomic E-state index is -0.488. The number of carbonyl (C=O) groups is 2. The molecule has 0 aliphatic rings. The Balaban J connectivity index is 3.85. The van der Waals surface area contributed by atoms with E-state index in [2.05, 4.69) is 17.2 Å². The molecule has 4 nitrogen and oxygen atoms in total. The molecule has 0 fully saturated rings. The smallest absolute Gasteiger partial charge is 0.321 e. The Hall–Kier alpha value is -1.32. The van der Waals surface area contributed by atoms with Crippen molar-refractivity contribution in [3.8, 4) is 0 Å². The summed E-state index contributed by atoms with van der Waals surface area (Å²) >= 11 is 0. The Morgan fingerprint density at radius 1 is 1.33 bits per heavy atom. The fraction of sp³-hybridized carbons (Fsp3) is 0.500. The predicted molar refractivity (Wildman–Crippen MR) is 46.6 cm³/mol. The lowest BCUT2D eigenvalue weighted by atomic mass is 10.3. The van der Waals surface area contributed by atoms with Gasteiger partial charge in [-0.1, -0.05) is 6.58 Å². The maximum absolute atomic E-state index is 10.9. The molecule has 0 saturated carbocycles. The number of nitrogens with one attached hydrogen (secondary N) is 2. The van der Waals surface area contributed by atoms with Gasteiger partial charge in [0.15, 0.2) is 0 Å². The molecule has 0 aromatic rings. The van der Waals surface area contributed by atoms with Crippen LogP contribution < -0.4 is 10.6 Å². The molecule has 0 aliphatic carbocycles. The van der Waals surface area contributed by atoms with Crippen LogP contribution in [-0.4, -0.2) is 18.0 Å². The van der Waals surface area contributed by atoms with Crippen molar-refractivity contribution in [3.05, 3.63) is 12.2 Å². The number of urea groups is 1. The van der Waals surface area contributed by atoms with Crippen LogP contribution in [0.15, 0.2) is 12.2 Å². The first kappa shape index (κ1) is 10.7. The van der Waals surface area contributed by atoms with Crippen molar-refractivity contribution >= 4 is 11.9 Å². The average Bonchev–Trinajstić information content (AvgIpc) is 1.84. The van der Waals surface area contributed by atoms with E-state index in [9.17, 15) is 9.59 Å². The monoisotopic (exact) mass is 170 g/mol. The lowest BCUT2D eigenvalue weighted by Crippen LogP contribution is -2.42. The van der Waals surface area contributed by atoms with Crippen LogP contribution in [0.4, 0.5) is 4.79 Å². The van der Waals surface area contributed by atoms with Crippen LogP contribution in [0, 0.1) is 0 Å². The van der Waals surface area contributed by atoms with Crippen molar-refractivity contribution in [2.75, 3.05) is 0 Å². The topological polar surface area (TPSA) is 58.2 Å². The second-order valence-corrected chi connectivity index (χ2v) is 2.86. The fourth-order valence-electron chi connectivity index (χ4n) is 0.508. The molecular formula is C8H14N2O2. The van der Waals surface area contributed by atoms with Gasteiger partial charge in [-0.25, -0.2) is 4.79 Å². The van der Waals surface area contributed by atoms with E-state index >= 15 is 0 Å². The zero-order chi connectivity index (χ0) is 9.72. The van der Waals surface area contributed by atoms with Gasteiger partial charge < -0.3 is 5.32 Å². The van der Waals surface area contributed by atoms with Gasteiger partial charge in [0.25, 0.3) is 5.91 Å². The fourth-order valence-corrected chi connectivity index (χ4v) is 0.508. The van der Waals surface area contributed by atoms with Crippen LogP contribution in [0.3, 0.4) is 0 Å². The quantitative estimate of drug-likeness (QED) is 0.602. The van der Waals surface area contributed by atoms with Gasteiger partial charge in [-0.05, 0) is 20.8 Å². The number of rotatable bonds is 2. The van der Waals surface area contributed by atoms with Gasteiger partial charge in [0.1, 0.15) is 0 Å². The van der Waals surface area contributed by atoms with E-state index in [1.165, 1.54) is 6.92 Å². The standard InChI is InChI=1S/C8H14N2O2/c1-5(2)7(11)10-8(12)9-6(3)4/h6H,1H2,2-4H3,(H2,9,10,11,12). The molecule has 68 valence electrons. The highest BCUT2D eigenvalue weighted by Gasteiger charge is 2.07. The summed E-state index contributed by atoms with van der Waals surface area (Å²) in [5.41, 5.74) is 0.314. The third-order valence-electron chi connectivity index (χ3n) is 1.03. The van der Waals surface area contributed by atoms with E-state index in [4.69, 9.17) is 0 Å². The molecule has 3 amide bonds. The van der Waals surface area contributed by atoms with Gasteiger partial charge in [-0.2, -0.15) is 0 Å². The van der Waals surface area contributed by atoms with E-state index in [1.807, 2.05) is 13.8 Å². The Kier molecular flexibility index (Phi) is 4.04. The molecule has 0 aromatic carbocycles. The molecule has 0 radical (unpaired) electrons. The lowest BCUT2D eigenvalue weighted by Gasteiger charge is -2.08. The van der Waals surface area contributed by atoms with Gasteiger partial charge in [-0.15, -0.1) is 0 Å². The second-order valence-electron chi connectivity index (χ2n) is 2.86. The number of imide groups is 1. The van der Waals surface area contributed by atoms with Crippen LogP contribution >= 0.6 is 0 Å². The summed E-state index contributed by atoms with van der Waals surface area (Å²) in [5.74, 6) is -0.451. The summed E-state index contributed by atoms with van der Waals surface area (Å²) in [6.07, 6.45) is 0. The Labute approximate surface area is 72.0 Å². The molecule has 0 aromatic heterocycles. The summed E-state index contributed by atoms with van der Waals surface area (Å²) in [7, 11) is 0. The van der Waals surface area contributed by atoms with Crippen LogP contribution in [0.25, 0.3) is 0 Å². The molecule has 0 heterocycles. The summed E-state index contributed by atoms with van der Waals surface area (Å²) in [6, 6.07) is -0.471. The van der Waals surface area contributed by atoms with E-state index < -0.39 is 11.9 Å². The molecule has 0 saturated heterocycles. The van der Waals surface area contributed by atoms with E-state index in [-0.39, 0.29) is 6.04 Å². The molecular weight excluding hydrogens is 156 g/mol. The van der Waals surface area contributed by atoms with Crippen LogP contribution in [0.2, 0.25) is 0 Å². The molecule has 0 spiro atoms. The first-order valence-electron chi connectivity index (χ1n) is 3.71. The van der Waals surface area contributed by atoms with Gasteiger partial charge in [0.05, 0.1) is 0 Å². The highest BCUT2D eigenvalue weighted by atomic mass is 16.2. The minimum absolute atomic E-state index is 0.0166. The average molecular weight is 170 g/mol. The van der Waals surface area contributed by atoms with Crippen LogP contribution in [-0.2, 0) is 4.79 Å². The molecule has 2 N–H and O–H groups in total. The molecule has 0 bridgehead atoms. The zero-order valence-electron chi connectivity index (χ0n) is 7.60. The van der Waals surface area contributed by atoms with Crippen molar-refractivity contribution in [2.24, 2.45) is 0 Å². The molecule has 0 unspecified atom stereocenters. The molecule has 0 rings (SSSR count). The Morgan fingerprint density at radius 3 is 2.17 bits per heavy atom. The first-order chi connectivity index (χ1) is 5.43. The maximum atomic E-state index is 10.9.